The average molecular weight is 906 g/mol. The van der Waals surface area contributed by atoms with E-state index in [4.69, 9.17) is 14.5 Å². The molecule has 3 aromatic rings. The van der Waals surface area contributed by atoms with Crippen LogP contribution in [-0.2, 0) is 62.6 Å². The molecule has 0 saturated heterocycles. The van der Waals surface area contributed by atoms with Gasteiger partial charge in [-0.15, -0.1) is 0 Å². The second kappa shape index (κ2) is 24.1. The topological polar surface area (TPSA) is 244 Å². The fraction of sp³-hybridized carbons (Fsp3) is 0.500. The number of hydrogen-bond acceptors (Lipinski definition) is 12. The number of fused-ring (bicyclic) bond motifs is 5. The average Bonchev–Trinajstić information content (AvgIpc) is 3.80. The predicted octanol–water partition coefficient (Wildman–Crippen LogP) is 3.04. The van der Waals surface area contributed by atoms with Crippen LogP contribution in [0.3, 0.4) is 0 Å². The van der Waals surface area contributed by atoms with Gasteiger partial charge in [0, 0.05) is 60.3 Å². The molecule has 65 heavy (non-hydrogen) atoms. The van der Waals surface area contributed by atoms with Crippen LogP contribution >= 0.6 is 0 Å². The molecule has 5 heterocycles. The highest BCUT2D eigenvalue weighted by atomic mass is 19.1. The fourth-order valence-corrected chi connectivity index (χ4v) is 7.33. The minimum Gasteiger partial charge on any atom is -0.458 e. The van der Waals surface area contributed by atoms with Gasteiger partial charge < -0.3 is 40.4 Å². The molecule has 6 rings (SSSR count). The van der Waals surface area contributed by atoms with E-state index < -0.39 is 30.0 Å². The Morgan fingerprint density at radius 2 is 1.65 bits per heavy atom. The smallest absolute Gasteiger partial charge is 0.340 e. The van der Waals surface area contributed by atoms with Gasteiger partial charge in [0.15, 0.2) is 6.10 Å². The molecule has 0 aliphatic carbocycles. The number of halogens is 1. The molecule has 0 spiro atoms. The van der Waals surface area contributed by atoms with E-state index in [0.29, 0.717) is 80.6 Å². The number of unbranched alkanes of at least 4 members (excludes halogenated alkanes) is 3. The molecule has 0 fully saturated rings. The zero-order valence-corrected chi connectivity index (χ0v) is 38.0. The van der Waals surface area contributed by atoms with E-state index in [2.05, 4.69) is 21.3 Å². The maximum Gasteiger partial charge on any atom is 0.340 e. The van der Waals surface area contributed by atoms with E-state index in [1.807, 2.05) is 27.7 Å². The van der Waals surface area contributed by atoms with Crippen molar-refractivity contribution < 1.29 is 52.5 Å². The van der Waals surface area contributed by atoms with Crippen LogP contribution in [0.2, 0.25) is 0 Å². The molecule has 1 aromatic carbocycles. The molecular weight excluding hydrogens is 846 g/mol. The lowest BCUT2D eigenvalue weighted by atomic mass is 9.94. The maximum absolute atomic E-state index is 14.5. The first-order valence-electron chi connectivity index (χ1n) is 21.9. The number of nitrogens with zero attached hydrogens (tertiary/aromatic N) is 3. The Labute approximate surface area is 376 Å². The van der Waals surface area contributed by atoms with Gasteiger partial charge in [-0.05, 0) is 90.0 Å². The SMILES string of the molecule is CC.CC(C)NC(=O)C(C)NC(=O)CCCCCN1C(=O)C=CC1=O.Cc1cc2c(CCCCOCNC(=O)C(C)NC=O)c3c(nc2cc1F)-c1cc2c(c(=O)n1C3)COC(=O)C2O. The number of hydrogen-bond donors (Lipinski definition) is 5. The third-order valence-electron chi connectivity index (χ3n) is 10.8. The fourth-order valence-electron chi connectivity index (χ4n) is 7.33. The van der Waals surface area contributed by atoms with E-state index in [1.165, 1.54) is 23.1 Å². The lowest BCUT2D eigenvalue weighted by molar-refractivity contribution is -0.157. The van der Waals surface area contributed by atoms with Gasteiger partial charge in [-0.1, -0.05) is 20.3 Å². The van der Waals surface area contributed by atoms with E-state index >= 15 is 0 Å². The Hall–Kier alpha value is -6.34. The van der Waals surface area contributed by atoms with E-state index in [9.17, 15) is 47.9 Å². The Bertz CT molecular complexity index is 2350. The van der Waals surface area contributed by atoms with Crippen molar-refractivity contribution in [1.82, 2.24) is 35.7 Å². The van der Waals surface area contributed by atoms with Gasteiger partial charge in [0.2, 0.25) is 24.1 Å². The first kappa shape index (κ1) is 51.3. The highest BCUT2D eigenvalue weighted by molar-refractivity contribution is 6.12. The molecule has 0 radical (unpaired) electrons. The number of rotatable bonds is 19. The summed E-state index contributed by atoms with van der Waals surface area (Å²) in [5.41, 5.74) is 3.79. The zero-order chi connectivity index (χ0) is 48.0. The molecule has 2 aromatic heterocycles. The highest BCUT2D eigenvalue weighted by Gasteiger charge is 2.35. The number of cyclic esters (lactones) is 1. The largest absolute Gasteiger partial charge is 0.458 e. The van der Waals surface area contributed by atoms with E-state index in [-0.39, 0.29) is 72.1 Å². The Morgan fingerprint density at radius 3 is 2.32 bits per heavy atom. The predicted molar refractivity (Wildman–Crippen MR) is 237 cm³/mol. The van der Waals surface area contributed by atoms with Crippen LogP contribution < -0.4 is 26.8 Å². The maximum atomic E-state index is 14.5. The van der Waals surface area contributed by atoms with Gasteiger partial charge in [0.25, 0.3) is 17.4 Å². The van der Waals surface area contributed by atoms with Crippen molar-refractivity contribution in [2.45, 2.75) is 131 Å². The first-order valence-corrected chi connectivity index (χ1v) is 21.9. The number of aryl methyl sites for hydroxylation is 2. The van der Waals surface area contributed by atoms with Gasteiger partial charge in [0.1, 0.15) is 31.2 Å². The molecular formula is C46H60FN7O11. The van der Waals surface area contributed by atoms with Crippen LogP contribution in [-0.4, -0.2) is 99.5 Å². The van der Waals surface area contributed by atoms with Gasteiger partial charge in [-0.2, -0.15) is 0 Å². The second-order valence-corrected chi connectivity index (χ2v) is 15.9. The standard InChI is InChI=1S/C28H29FN4O7.C16H25N3O4.C2H6/c1-14-7-17-16(5-3-4-6-39-13-31-26(36)15(2)30-12-34)19-10-33-23(24(19)32-22(17)9-21(14)29)8-18-20(27(33)37)11-40-28(38)25(18)35;1-11(2)17-16(23)12(3)18-13(20)7-5-4-6-10-19-14(21)8-9-15(19)22;1-2/h7-9,12,15,25,35H,3-6,10-11,13H2,1-2H3,(H,30,34)(H,31,36);8-9,11-12H,4-7,10H2,1-3H3,(H,17,23)(H,18,20);1-2H3. The van der Waals surface area contributed by atoms with Crippen LogP contribution in [0.25, 0.3) is 22.3 Å². The highest BCUT2D eigenvalue weighted by Crippen LogP contribution is 2.39. The number of esters is 1. The number of imide groups is 1. The van der Waals surface area contributed by atoms with E-state index in [0.717, 1.165) is 22.9 Å². The summed E-state index contributed by atoms with van der Waals surface area (Å²) < 4.78 is 26.6. The molecule has 0 saturated carbocycles. The molecule has 18 nitrogen and oxygen atoms in total. The molecule has 0 bridgehead atoms. The number of aliphatic hydroxyl groups excluding tert-OH is 1. The lowest BCUT2D eigenvalue weighted by Crippen LogP contribution is -2.46. The van der Waals surface area contributed by atoms with Crippen molar-refractivity contribution in [1.29, 1.82) is 0 Å². The third-order valence-corrected chi connectivity index (χ3v) is 10.8. The summed E-state index contributed by atoms with van der Waals surface area (Å²) in [6.07, 6.45) is 5.78. The second-order valence-electron chi connectivity index (χ2n) is 15.9. The number of carbonyl (C=O) groups is 7. The summed E-state index contributed by atoms with van der Waals surface area (Å²) in [7, 11) is 0. The summed E-state index contributed by atoms with van der Waals surface area (Å²) in [6, 6.07) is 3.57. The van der Waals surface area contributed by atoms with Crippen molar-refractivity contribution in [3.8, 4) is 11.4 Å². The molecule has 3 atom stereocenters. The minimum atomic E-state index is -1.55. The molecule has 6 amide bonds. The molecule has 19 heteroatoms. The monoisotopic (exact) mass is 905 g/mol. The van der Waals surface area contributed by atoms with Crippen molar-refractivity contribution in [2.75, 3.05) is 19.9 Å². The molecule has 352 valence electrons. The Kier molecular flexibility index (Phi) is 19.0. The van der Waals surface area contributed by atoms with Gasteiger partial charge >= 0.3 is 5.97 Å². The summed E-state index contributed by atoms with van der Waals surface area (Å²) >= 11 is 0. The number of aromatic nitrogens is 2. The summed E-state index contributed by atoms with van der Waals surface area (Å²) in [4.78, 5) is 99.5. The molecule has 3 aliphatic rings. The van der Waals surface area contributed by atoms with Crippen LogP contribution in [0.1, 0.15) is 114 Å². The van der Waals surface area contributed by atoms with Crippen molar-refractivity contribution in [2.24, 2.45) is 0 Å². The van der Waals surface area contributed by atoms with Crippen LogP contribution in [0.5, 0.6) is 0 Å². The van der Waals surface area contributed by atoms with Crippen LogP contribution in [0.15, 0.2) is 35.1 Å². The molecule has 3 aliphatic heterocycles. The number of benzene rings is 1. The normalized spacial score (nSPS) is 15.4. The number of carbonyl (C=O) groups excluding carboxylic acids is 7. The van der Waals surface area contributed by atoms with Crippen LogP contribution in [0, 0.1) is 12.7 Å². The lowest BCUT2D eigenvalue weighted by Gasteiger charge is -2.21. The summed E-state index contributed by atoms with van der Waals surface area (Å²) in [6.45, 7) is 13.4. The number of pyridine rings is 2. The Balaban J connectivity index is 0.000000316. The zero-order valence-electron chi connectivity index (χ0n) is 38.0. The first-order chi connectivity index (χ1) is 31.0. The van der Waals surface area contributed by atoms with Gasteiger partial charge in [-0.3, -0.25) is 38.5 Å². The van der Waals surface area contributed by atoms with Crippen LogP contribution in [0.4, 0.5) is 4.39 Å². The van der Waals surface area contributed by atoms with Crippen molar-refractivity contribution in [3.05, 3.63) is 74.3 Å². The molecule has 3 unspecified atom stereocenters. The number of ether oxygens (including phenoxy) is 2. The Morgan fingerprint density at radius 1 is 0.938 bits per heavy atom. The van der Waals surface area contributed by atoms with E-state index in [1.54, 1.807) is 37.5 Å². The summed E-state index contributed by atoms with van der Waals surface area (Å²) in [5, 5.41) is 21.5. The number of amides is 6. The minimum absolute atomic E-state index is 0.0106. The van der Waals surface area contributed by atoms with Crippen molar-refractivity contribution >= 4 is 52.8 Å². The quantitative estimate of drug-likeness (QED) is 0.0300. The van der Waals surface area contributed by atoms with Gasteiger partial charge in [-0.25, -0.2) is 14.2 Å². The number of aliphatic hydroxyl groups is 1. The summed E-state index contributed by atoms with van der Waals surface area (Å²) in [5.74, 6) is -2.49. The van der Waals surface area contributed by atoms with Gasteiger partial charge in [0.05, 0.1) is 29.0 Å². The molecule has 5 N–H and O–H groups in total. The number of nitrogens with one attached hydrogen (secondary N) is 4. The van der Waals surface area contributed by atoms with Crippen molar-refractivity contribution in [3.63, 3.8) is 0 Å². The third kappa shape index (κ3) is 13.1.